The van der Waals surface area contributed by atoms with Gasteiger partial charge in [0.05, 0.1) is 0 Å². The van der Waals surface area contributed by atoms with E-state index in [1.807, 2.05) is 36.4 Å². The van der Waals surface area contributed by atoms with Crippen molar-refractivity contribution in [1.82, 2.24) is 10.3 Å². The van der Waals surface area contributed by atoms with E-state index in [-0.39, 0.29) is 11.9 Å². The van der Waals surface area contributed by atoms with Crippen LogP contribution in [0.25, 0.3) is 11.1 Å². The van der Waals surface area contributed by atoms with Gasteiger partial charge in [-0.15, -0.1) is 0 Å². The maximum absolute atomic E-state index is 12.7. The predicted octanol–water partition coefficient (Wildman–Crippen LogP) is 4.45. The minimum Gasteiger partial charge on any atom is -0.349 e. The number of carbonyl (C=O) groups is 1. The molecule has 0 saturated heterocycles. The van der Waals surface area contributed by atoms with E-state index < -0.39 is 0 Å². The number of hydrogen-bond donors (Lipinski definition) is 1. The molecule has 0 saturated carbocycles. The second-order valence-electron chi connectivity index (χ2n) is 5.53. The first kappa shape index (κ1) is 16.2. The molecule has 1 aromatic carbocycles. The Balaban J connectivity index is 2.23. The summed E-state index contributed by atoms with van der Waals surface area (Å²) in [5.41, 5.74) is 2.70. The third-order valence-electron chi connectivity index (χ3n) is 3.77. The second-order valence-corrected chi connectivity index (χ2v) is 5.53. The quantitative estimate of drug-likeness (QED) is 0.820. The van der Waals surface area contributed by atoms with Crippen LogP contribution in [-0.4, -0.2) is 16.9 Å². The van der Waals surface area contributed by atoms with Gasteiger partial charge in [-0.3, -0.25) is 9.78 Å². The van der Waals surface area contributed by atoms with E-state index >= 15 is 0 Å². The monoisotopic (exact) mass is 296 g/mol. The fourth-order valence-corrected chi connectivity index (χ4v) is 2.71. The Morgan fingerprint density at radius 3 is 2.32 bits per heavy atom. The van der Waals surface area contributed by atoms with Crippen LogP contribution in [0.4, 0.5) is 0 Å². The zero-order valence-corrected chi connectivity index (χ0v) is 13.4. The average molecular weight is 296 g/mol. The van der Waals surface area contributed by atoms with E-state index in [0.717, 1.165) is 42.4 Å². The topological polar surface area (TPSA) is 42.0 Å². The van der Waals surface area contributed by atoms with Gasteiger partial charge in [0.1, 0.15) is 0 Å². The maximum Gasteiger partial charge on any atom is 0.252 e. The molecular weight excluding hydrogens is 272 g/mol. The van der Waals surface area contributed by atoms with Crippen molar-refractivity contribution in [3.8, 4) is 11.1 Å². The van der Waals surface area contributed by atoms with Crippen molar-refractivity contribution < 1.29 is 4.79 Å². The summed E-state index contributed by atoms with van der Waals surface area (Å²) in [6, 6.07) is 11.9. The Bertz CT molecular complexity index is 589. The normalized spacial score (nSPS) is 10.7. The SMILES string of the molecule is CCCC(CCC)NC(=O)c1ccccc1-c1ccncc1. The van der Waals surface area contributed by atoms with Crippen LogP contribution in [0.3, 0.4) is 0 Å². The molecule has 1 aromatic heterocycles. The van der Waals surface area contributed by atoms with Gasteiger partial charge in [-0.05, 0) is 42.2 Å². The van der Waals surface area contributed by atoms with Gasteiger partial charge in [0.15, 0.2) is 0 Å². The van der Waals surface area contributed by atoms with Crippen molar-refractivity contribution in [2.45, 2.75) is 45.6 Å². The Labute approximate surface area is 132 Å². The highest BCUT2D eigenvalue weighted by Gasteiger charge is 2.15. The molecule has 22 heavy (non-hydrogen) atoms. The minimum absolute atomic E-state index is 0.0133. The van der Waals surface area contributed by atoms with Crippen LogP contribution < -0.4 is 5.32 Å². The van der Waals surface area contributed by atoms with Crippen LogP contribution in [0.15, 0.2) is 48.8 Å². The number of amides is 1. The zero-order valence-electron chi connectivity index (χ0n) is 13.4. The lowest BCUT2D eigenvalue weighted by Crippen LogP contribution is -2.34. The van der Waals surface area contributed by atoms with Crippen LogP contribution in [0, 0.1) is 0 Å². The summed E-state index contributed by atoms with van der Waals surface area (Å²) >= 11 is 0. The molecular formula is C19H24N2O. The lowest BCUT2D eigenvalue weighted by molar-refractivity contribution is 0.0933. The van der Waals surface area contributed by atoms with Gasteiger partial charge in [-0.2, -0.15) is 0 Å². The fourth-order valence-electron chi connectivity index (χ4n) is 2.71. The molecule has 3 heteroatoms. The summed E-state index contributed by atoms with van der Waals surface area (Å²) in [6.07, 6.45) is 7.71. The number of carbonyl (C=O) groups excluding carboxylic acids is 1. The summed E-state index contributed by atoms with van der Waals surface area (Å²) in [6.45, 7) is 4.31. The molecule has 1 heterocycles. The van der Waals surface area contributed by atoms with E-state index in [2.05, 4.69) is 24.1 Å². The van der Waals surface area contributed by atoms with Crippen molar-refractivity contribution in [2.75, 3.05) is 0 Å². The molecule has 0 aliphatic heterocycles. The zero-order chi connectivity index (χ0) is 15.8. The third-order valence-corrected chi connectivity index (χ3v) is 3.77. The van der Waals surface area contributed by atoms with Crippen molar-refractivity contribution in [3.05, 3.63) is 54.4 Å². The summed E-state index contributed by atoms with van der Waals surface area (Å²) < 4.78 is 0. The number of rotatable bonds is 7. The summed E-state index contributed by atoms with van der Waals surface area (Å²) in [5, 5.41) is 3.19. The summed E-state index contributed by atoms with van der Waals surface area (Å²) in [7, 11) is 0. The Morgan fingerprint density at radius 2 is 1.68 bits per heavy atom. The molecule has 0 aliphatic rings. The van der Waals surface area contributed by atoms with Crippen molar-refractivity contribution in [1.29, 1.82) is 0 Å². The Hall–Kier alpha value is -2.16. The summed E-state index contributed by atoms with van der Waals surface area (Å²) in [5.74, 6) is 0.0133. The minimum atomic E-state index is 0.0133. The number of benzene rings is 1. The number of pyridine rings is 1. The largest absolute Gasteiger partial charge is 0.349 e. The van der Waals surface area contributed by atoms with E-state index in [0.29, 0.717) is 0 Å². The highest BCUT2D eigenvalue weighted by Crippen LogP contribution is 2.23. The number of hydrogen-bond acceptors (Lipinski definition) is 2. The Morgan fingerprint density at radius 1 is 1.05 bits per heavy atom. The van der Waals surface area contributed by atoms with Gasteiger partial charge in [0, 0.05) is 24.0 Å². The number of nitrogens with one attached hydrogen (secondary N) is 1. The van der Waals surface area contributed by atoms with Gasteiger partial charge in [-0.1, -0.05) is 44.9 Å². The first-order valence-corrected chi connectivity index (χ1v) is 8.06. The molecule has 0 fully saturated rings. The average Bonchev–Trinajstić information content (AvgIpc) is 2.56. The molecule has 1 amide bonds. The molecule has 0 spiro atoms. The molecule has 0 atom stereocenters. The third kappa shape index (κ3) is 4.17. The molecule has 3 nitrogen and oxygen atoms in total. The smallest absolute Gasteiger partial charge is 0.252 e. The van der Waals surface area contributed by atoms with Crippen LogP contribution in [0.1, 0.15) is 49.9 Å². The van der Waals surface area contributed by atoms with Crippen LogP contribution in [0.5, 0.6) is 0 Å². The van der Waals surface area contributed by atoms with Gasteiger partial charge in [-0.25, -0.2) is 0 Å². The number of aromatic nitrogens is 1. The molecule has 0 unspecified atom stereocenters. The van der Waals surface area contributed by atoms with Crippen LogP contribution >= 0.6 is 0 Å². The fraction of sp³-hybridized carbons (Fsp3) is 0.368. The van der Waals surface area contributed by atoms with E-state index in [1.54, 1.807) is 12.4 Å². The van der Waals surface area contributed by atoms with Crippen molar-refractivity contribution >= 4 is 5.91 Å². The first-order valence-electron chi connectivity index (χ1n) is 8.06. The standard InChI is InChI=1S/C19H24N2O/c1-3-7-16(8-4-2)21-19(22)18-10-6-5-9-17(18)15-11-13-20-14-12-15/h5-6,9-14,16H,3-4,7-8H2,1-2H3,(H,21,22). The number of nitrogens with zero attached hydrogens (tertiary/aromatic N) is 1. The van der Waals surface area contributed by atoms with Gasteiger partial charge < -0.3 is 5.32 Å². The lowest BCUT2D eigenvalue weighted by atomic mass is 9.99. The summed E-state index contributed by atoms with van der Waals surface area (Å²) in [4.78, 5) is 16.7. The van der Waals surface area contributed by atoms with Gasteiger partial charge in [0.25, 0.3) is 5.91 Å². The van der Waals surface area contributed by atoms with Crippen molar-refractivity contribution in [2.24, 2.45) is 0 Å². The molecule has 116 valence electrons. The molecule has 1 N–H and O–H groups in total. The predicted molar refractivity (Wildman–Crippen MR) is 90.7 cm³/mol. The Kier molecular flexibility index (Phi) is 6.13. The first-order chi connectivity index (χ1) is 10.8. The molecule has 0 radical (unpaired) electrons. The highest BCUT2D eigenvalue weighted by molar-refractivity contribution is 6.01. The van der Waals surface area contributed by atoms with E-state index in [4.69, 9.17) is 0 Å². The molecule has 2 aromatic rings. The van der Waals surface area contributed by atoms with Crippen LogP contribution in [0.2, 0.25) is 0 Å². The van der Waals surface area contributed by atoms with Gasteiger partial charge >= 0.3 is 0 Å². The molecule has 0 bridgehead atoms. The van der Waals surface area contributed by atoms with E-state index in [9.17, 15) is 4.79 Å². The maximum atomic E-state index is 12.7. The van der Waals surface area contributed by atoms with Crippen LogP contribution in [-0.2, 0) is 0 Å². The lowest BCUT2D eigenvalue weighted by Gasteiger charge is -2.18. The highest BCUT2D eigenvalue weighted by atomic mass is 16.1. The van der Waals surface area contributed by atoms with Crippen molar-refractivity contribution in [3.63, 3.8) is 0 Å². The van der Waals surface area contributed by atoms with Gasteiger partial charge in [0.2, 0.25) is 0 Å². The second kappa shape index (κ2) is 8.32. The van der Waals surface area contributed by atoms with E-state index in [1.165, 1.54) is 0 Å². The molecule has 2 rings (SSSR count). The molecule has 0 aliphatic carbocycles.